The number of ether oxygens (including phenoxy) is 2. The van der Waals surface area contributed by atoms with Crippen LogP contribution in [0.4, 0.5) is 4.79 Å². The molecule has 0 aliphatic carbocycles. The molecule has 2 aromatic rings. The van der Waals surface area contributed by atoms with Crippen molar-refractivity contribution >= 4 is 23.0 Å². The normalized spacial score (nSPS) is 15.3. The smallest absolute Gasteiger partial charge is 0.410 e. The summed E-state index contributed by atoms with van der Waals surface area (Å²) in [6.45, 7) is 7.85. The highest BCUT2D eigenvalue weighted by atomic mass is 16.6. The Morgan fingerprint density at radius 1 is 1.23 bits per heavy atom. The van der Waals surface area contributed by atoms with Gasteiger partial charge in [-0.25, -0.2) is 9.59 Å². The third-order valence-electron chi connectivity index (χ3n) is 5.07. The number of likely N-dealkylation sites (tertiary alicyclic amines) is 1. The minimum atomic E-state index is -0.576. The number of carbonyl (C=O) groups excluding carboxylic acids is 2. The fourth-order valence-corrected chi connectivity index (χ4v) is 3.43. The van der Waals surface area contributed by atoms with Crippen LogP contribution in [-0.4, -0.2) is 40.8 Å². The fraction of sp³-hybridized carbons (Fsp3) is 0.500. The number of benzene rings is 1. The second-order valence-corrected chi connectivity index (χ2v) is 8.53. The standard InChI is InChI=1S/C22H27NO7/c1-13-17(24)6-5-16-15(11-18(25)29-19(13)16)12-28-20(26)14-7-9-23(10-8-14)21(27)30-22(2,3)4/h5-6,11,14,24H,7-10,12H2,1-4H3. The average Bonchev–Trinajstić information content (AvgIpc) is 2.68. The van der Waals surface area contributed by atoms with Gasteiger partial charge >= 0.3 is 17.7 Å². The van der Waals surface area contributed by atoms with Crippen molar-refractivity contribution in [3.05, 3.63) is 39.7 Å². The minimum Gasteiger partial charge on any atom is -0.508 e. The van der Waals surface area contributed by atoms with Crippen molar-refractivity contribution in [2.75, 3.05) is 13.1 Å². The Balaban J connectivity index is 1.61. The monoisotopic (exact) mass is 417 g/mol. The van der Waals surface area contributed by atoms with E-state index in [1.54, 1.807) is 17.9 Å². The molecule has 1 N–H and O–H groups in total. The number of nitrogens with zero attached hydrogens (tertiary/aromatic N) is 1. The van der Waals surface area contributed by atoms with Crippen LogP contribution in [0.5, 0.6) is 5.75 Å². The summed E-state index contributed by atoms with van der Waals surface area (Å²) in [4.78, 5) is 38.1. The van der Waals surface area contributed by atoms with Gasteiger partial charge in [-0.3, -0.25) is 4.79 Å². The molecule has 0 saturated carbocycles. The zero-order valence-electron chi connectivity index (χ0n) is 17.7. The van der Waals surface area contributed by atoms with E-state index in [0.717, 1.165) is 0 Å². The number of piperidine rings is 1. The van der Waals surface area contributed by atoms with E-state index in [2.05, 4.69) is 0 Å². The quantitative estimate of drug-likeness (QED) is 0.602. The predicted molar refractivity (Wildman–Crippen MR) is 109 cm³/mol. The Bertz CT molecular complexity index is 1010. The first-order chi connectivity index (χ1) is 14.0. The Morgan fingerprint density at radius 3 is 2.53 bits per heavy atom. The molecule has 2 heterocycles. The first-order valence-corrected chi connectivity index (χ1v) is 9.95. The zero-order chi connectivity index (χ0) is 22.1. The number of aromatic hydroxyl groups is 1. The maximum absolute atomic E-state index is 12.5. The molecular weight excluding hydrogens is 390 g/mol. The molecule has 1 aromatic heterocycles. The van der Waals surface area contributed by atoms with Gasteiger partial charge < -0.3 is 23.9 Å². The lowest BCUT2D eigenvalue weighted by Crippen LogP contribution is -2.43. The number of aryl methyl sites for hydroxylation is 1. The SMILES string of the molecule is Cc1c(O)ccc2c(COC(=O)C3CCN(C(=O)OC(C)(C)C)CC3)cc(=O)oc12. The van der Waals surface area contributed by atoms with Crippen LogP contribution < -0.4 is 5.63 Å². The van der Waals surface area contributed by atoms with Crippen molar-refractivity contribution in [1.29, 1.82) is 0 Å². The molecule has 1 aliphatic heterocycles. The summed E-state index contributed by atoms with van der Waals surface area (Å²) in [5.74, 6) is -0.659. The maximum Gasteiger partial charge on any atom is 0.410 e. The van der Waals surface area contributed by atoms with Crippen LogP contribution in [0.2, 0.25) is 0 Å². The zero-order valence-corrected chi connectivity index (χ0v) is 17.7. The molecule has 0 bridgehead atoms. The van der Waals surface area contributed by atoms with Crippen LogP contribution in [0.1, 0.15) is 44.7 Å². The summed E-state index contributed by atoms with van der Waals surface area (Å²) in [7, 11) is 0. The molecule has 8 nitrogen and oxygen atoms in total. The van der Waals surface area contributed by atoms with Gasteiger partial charge in [0.05, 0.1) is 5.92 Å². The highest BCUT2D eigenvalue weighted by Crippen LogP contribution is 2.28. The number of hydrogen-bond donors (Lipinski definition) is 1. The molecule has 0 radical (unpaired) electrons. The number of esters is 1. The third-order valence-corrected chi connectivity index (χ3v) is 5.07. The van der Waals surface area contributed by atoms with Crippen molar-refractivity contribution in [2.45, 2.75) is 52.7 Å². The Morgan fingerprint density at radius 2 is 1.90 bits per heavy atom. The summed E-state index contributed by atoms with van der Waals surface area (Å²) in [6, 6.07) is 4.43. The Labute approximate surface area is 174 Å². The molecule has 1 aromatic carbocycles. The van der Waals surface area contributed by atoms with E-state index in [9.17, 15) is 19.5 Å². The van der Waals surface area contributed by atoms with Gasteiger partial charge in [0.2, 0.25) is 0 Å². The lowest BCUT2D eigenvalue weighted by Gasteiger charge is -2.32. The van der Waals surface area contributed by atoms with E-state index in [-0.39, 0.29) is 35.9 Å². The van der Waals surface area contributed by atoms with Crippen LogP contribution in [0, 0.1) is 12.8 Å². The first kappa shape index (κ1) is 21.7. The Kier molecular flexibility index (Phi) is 6.05. The van der Waals surface area contributed by atoms with Gasteiger partial charge in [0.25, 0.3) is 0 Å². The number of phenols is 1. The first-order valence-electron chi connectivity index (χ1n) is 9.95. The van der Waals surface area contributed by atoms with E-state index in [0.29, 0.717) is 42.4 Å². The van der Waals surface area contributed by atoms with E-state index >= 15 is 0 Å². The molecule has 3 rings (SSSR count). The summed E-state index contributed by atoms with van der Waals surface area (Å²) < 4.78 is 16.0. The minimum absolute atomic E-state index is 0.0246. The van der Waals surface area contributed by atoms with E-state index < -0.39 is 11.2 Å². The summed E-state index contributed by atoms with van der Waals surface area (Å²) in [5.41, 5.74) is 0.107. The largest absolute Gasteiger partial charge is 0.508 e. The number of hydrogen-bond acceptors (Lipinski definition) is 7. The van der Waals surface area contributed by atoms with Gasteiger partial charge in [-0.15, -0.1) is 0 Å². The highest BCUT2D eigenvalue weighted by molar-refractivity contribution is 5.85. The maximum atomic E-state index is 12.5. The Hall–Kier alpha value is -3.03. The van der Waals surface area contributed by atoms with Crippen molar-refractivity contribution in [3.63, 3.8) is 0 Å². The molecule has 30 heavy (non-hydrogen) atoms. The topological polar surface area (TPSA) is 106 Å². The van der Waals surface area contributed by atoms with E-state index in [1.807, 2.05) is 20.8 Å². The highest BCUT2D eigenvalue weighted by Gasteiger charge is 2.30. The van der Waals surface area contributed by atoms with Crippen LogP contribution >= 0.6 is 0 Å². The molecular formula is C22H27NO7. The third kappa shape index (κ3) is 4.93. The number of rotatable bonds is 3. The van der Waals surface area contributed by atoms with Crippen LogP contribution in [0.15, 0.2) is 27.4 Å². The molecule has 1 aliphatic rings. The molecule has 0 atom stereocenters. The summed E-state index contributed by atoms with van der Waals surface area (Å²) >= 11 is 0. The fourth-order valence-electron chi connectivity index (χ4n) is 3.43. The predicted octanol–water partition coefficient (Wildman–Crippen LogP) is 3.50. The molecule has 1 amide bonds. The van der Waals surface area contributed by atoms with E-state index in [1.165, 1.54) is 12.1 Å². The number of fused-ring (bicyclic) bond motifs is 1. The molecule has 1 fully saturated rings. The lowest BCUT2D eigenvalue weighted by atomic mass is 9.97. The molecule has 0 unspecified atom stereocenters. The van der Waals surface area contributed by atoms with Crippen LogP contribution in [0.25, 0.3) is 11.0 Å². The van der Waals surface area contributed by atoms with Gasteiger partial charge in [-0.05, 0) is 52.7 Å². The van der Waals surface area contributed by atoms with Gasteiger partial charge in [-0.1, -0.05) is 0 Å². The number of amides is 1. The van der Waals surface area contributed by atoms with Gasteiger partial charge in [-0.2, -0.15) is 0 Å². The molecule has 0 spiro atoms. The van der Waals surface area contributed by atoms with Crippen molar-refractivity contribution in [3.8, 4) is 5.75 Å². The van der Waals surface area contributed by atoms with Gasteiger partial charge in [0.15, 0.2) is 0 Å². The number of carbonyl (C=O) groups is 2. The second kappa shape index (κ2) is 8.38. The van der Waals surface area contributed by atoms with E-state index in [4.69, 9.17) is 13.9 Å². The van der Waals surface area contributed by atoms with Gasteiger partial charge in [0.1, 0.15) is 23.5 Å². The van der Waals surface area contributed by atoms with Crippen LogP contribution in [0.3, 0.4) is 0 Å². The van der Waals surface area contributed by atoms with Crippen molar-refractivity contribution in [2.24, 2.45) is 5.92 Å². The molecule has 8 heteroatoms. The second-order valence-electron chi connectivity index (χ2n) is 8.53. The lowest BCUT2D eigenvalue weighted by molar-refractivity contribution is -0.151. The number of phenolic OH excluding ortho intramolecular Hbond substituents is 1. The molecule has 162 valence electrons. The molecule has 1 saturated heterocycles. The summed E-state index contributed by atoms with van der Waals surface area (Å²) in [6.07, 6.45) is 0.598. The van der Waals surface area contributed by atoms with Crippen LogP contribution in [-0.2, 0) is 20.9 Å². The average molecular weight is 417 g/mol. The van der Waals surface area contributed by atoms with Gasteiger partial charge in [0, 0.05) is 35.7 Å². The van der Waals surface area contributed by atoms with Crippen molar-refractivity contribution < 1.29 is 28.6 Å². The summed E-state index contributed by atoms with van der Waals surface area (Å²) in [5, 5.41) is 10.4. The van der Waals surface area contributed by atoms with Crippen molar-refractivity contribution in [1.82, 2.24) is 4.90 Å².